The minimum atomic E-state index is 0.727. The molecule has 0 aliphatic rings. The molecule has 0 bridgehead atoms. The van der Waals surface area contributed by atoms with Crippen LogP contribution in [0.5, 0.6) is 5.75 Å². The van der Waals surface area contributed by atoms with Crippen LogP contribution >= 0.6 is 11.6 Å². The summed E-state index contributed by atoms with van der Waals surface area (Å²) in [7, 11) is 1.64. The summed E-state index contributed by atoms with van der Waals surface area (Å²) in [6, 6.07) is 13.4. The molecule has 0 aromatic heterocycles. The lowest BCUT2D eigenvalue weighted by molar-refractivity contribution is 0.415. The van der Waals surface area contributed by atoms with Gasteiger partial charge in [-0.3, -0.25) is 5.43 Å². The minimum absolute atomic E-state index is 0.727. The van der Waals surface area contributed by atoms with Crippen LogP contribution in [0.25, 0.3) is 0 Å². The van der Waals surface area contributed by atoms with Crippen molar-refractivity contribution in [2.45, 2.75) is 6.92 Å². The summed E-state index contributed by atoms with van der Waals surface area (Å²) in [4.78, 5) is 0. The van der Waals surface area contributed by atoms with Crippen LogP contribution in [0.2, 0.25) is 5.02 Å². The number of rotatable bonds is 4. The minimum Gasteiger partial charge on any atom is -0.497 e. The molecular formula is C15H15ClN2O. The predicted octanol–water partition coefficient (Wildman–Crippen LogP) is 4.10. The van der Waals surface area contributed by atoms with Crippen LogP contribution < -0.4 is 10.2 Å². The van der Waals surface area contributed by atoms with E-state index in [0.29, 0.717) is 0 Å². The third kappa shape index (κ3) is 3.73. The lowest BCUT2D eigenvalue weighted by Gasteiger charge is -2.03. The zero-order chi connectivity index (χ0) is 13.7. The number of anilines is 1. The molecule has 0 aliphatic carbocycles. The van der Waals surface area contributed by atoms with Gasteiger partial charge in [0.05, 0.1) is 19.0 Å². The van der Waals surface area contributed by atoms with Crippen molar-refractivity contribution in [1.82, 2.24) is 0 Å². The summed E-state index contributed by atoms with van der Waals surface area (Å²) < 4.78 is 5.09. The molecule has 1 N–H and O–H groups in total. The highest BCUT2D eigenvalue weighted by molar-refractivity contribution is 6.31. The van der Waals surface area contributed by atoms with Crippen molar-refractivity contribution in [1.29, 1.82) is 0 Å². The van der Waals surface area contributed by atoms with Crippen LogP contribution in [0.4, 0.5) is 5.69 Å². The summed E-state index contributed by atoms with van der Waals surface area (Å²) in [5.41, 5.74) is 5.84. The number of nitrogens with zero attached hydrogens (tertiary/aromatic N) is 1. The van der Waals surface area contributed by atoms with Gasteiger partial charge in [0, 0.05) is 5.02 Å². The number of benzene rings is 2. The lowest BCUT2D eigenvalue weighted by Crippen LogP contribution is -1.91. The first-order valence-corrected chi connectivity index (χ1v) is 6.26. The van der Waals surface area contributed by atoms with Crippen LogP contribution in [0.1, 0.15) is 11.1 Å². The zero-order valence-corrected chi connectivity index (χ0v) is 11.6. The van der Waals surface area contributed by atoms with Gasteiger partial charge in [-0.2, -0.15) is 5.10 Å². The fourth-order valence-corrected chi connectivity index (χ4v) is 1.71. The number of ether oxygens (including phenoxy) is 1. The van der Waals surface area contributed by atoms with Gasteiger partial charge in [0.2, 0.25) is 0 Å². The van der Waals surface area contributed by atoms with Gasteiger partial charge < -0.3 is 4.74 Å². The van der Waals surface area contributed by atoms with E-state index in [-0.39, 0.29) is 0 Å². The van der Waals surface area contributed by atoms with E-state index in [4.69, 9.17) is 16.3 Å². The summed E-state index contributed by atoms with van der Waals surface area (Å²) >= 11 is 6.04. The van der Waals surface area contributed by atoms with Crippen molar-refractivity contribution < 1.29 is 4.74 Å². The van der Waals surface area contributed by atoms with Gasteiger partial charge in [0.1, 0.15) is 5.75 Å². The summed E-state index contributed by atoms with van der Waals surface area (Å²) in [5.74, 6) is 0.829. The Morgan fingerprint density at radius 3 is 2.53 bits per heavy atom. The summed E-state index contributed by atoms with van der Waals surface area (Å²) in [6.07, 6.45) is 1.74. The molecule has 98 valence electrons. The number of hydrogen-bond acceptors (Lipinski definition) is 3. The molecule has 0 saturated heterocycles. The van der Waals surface area contributed by atoms with E-state index in [2.05, 4.69) is 10.5 Å². The summed E-state index contributed by atoms with van der Waals surface area (Å²) in [6.45, 7) is 1.97. The zero-order valence-electron chi connectivity index (χ0n) is 10.9. The van der Waals surface area contributed by atoms with Crippen molar-refractivity contribution in [3.63, 3.8) is 0 Å². The molecule has 0 atom stereocenters. The highest BCUT2D eigenvalue weighted by atomic mass is 35.5. The Bertz CT molecular complexity index is 579. The van der Waals surface area contributed by atoms with Gasteiger partial charge >= 0.3 is 0 Å². The van der Waals surface area contributed by atoms with Crippen LogP contribution in [0.15, 0.2) is 47.6 Å². The molecule has 0 radical (unpaired) electrons. The molecule has 0 unspecified atom stereocenters. The monoisotopic (exact) mass is 274 g/mol. The van der Waals surface area contributed by atoms with E-state index in [1.165, 1.54) is 0 Å². The van der Waals surface area contributed by atoms with Crippen LogP contribution in [0, 0.1) is 6.92 Å². The van der Waals surface area contributed by atoms with Gasteiger partial charge in [0.25, 0.3) is 0 Å². The quantitative estimate of drug-likeness (QED) is 0.673. The highest BCUT2D eigenvalue weighted by Crippen LogP contribution is 2.19. The van der Waals surface area contributed by atoms with Crippen LogP contribution in [0.3, 0.4) is 0 Å². The normalized spacial score (nSPS) is 10.7. The first kappa shape index (κ1) is 13.4. The Balaban J connectivity index is 2.00. The fourth-order valence-electron chi connectivity index (χ4n) is 1.53. The first-order chi connectivity index (χ1) is 9.19. The second-order valence-electron chi connectivity index (χ2n) is 4.11. The molecule has 0 fully saturated rings. The number of hydrogen-bond donors (Lipinski definition) is 1. The van der Waals surface area contributed by atoms with E-state index in [1.807, 2.05) is 49.4 Å². The second-order valence-corrected chi connectivity index (χ2v) is 4.51. The molecule has 2 aromatic carbocycles. The maximum Gasteiger partial charge on any atom is 0.118 e. The number of halogens is 1. The molecule has 0 amide bonds. The van der Waals surface area contributed by atoms with Crippen molar-refractivity contribution in [2.24, 2.45) is 5.10 Å². The van der Waals surface area contributed by atoms with Gasteiger partial charge in [-0.05, 0) is 54.4 Å². The molecule has 3 nitrogen and oxygen atoms in total. The second kappa shape index (κ2) is 6.25. The molecular weight excluding hydrogens is 260 g/mol. The average molecular weight is 275 g/mol. The fraction of sp³-hybridized carbons (Fsp3) is 0.133. The highest BCUT2D eigenvalue weighted by Gasteiger charge is 1.96. The molecule has 0 heterocycles. The van der Waals surface area contributed by atoms with Crippen molar-refractivity contribution in [3.8, 4) is 5.75 Å². The largest absolute Gasteiger partial charge is 0.497 e. The van der Waals surface area contributed by atoms with Gasteiger partial charge in [-0.25, -0.2) is 0 Å². The maximum absolute atomic E-state index is 6.04. The number of aryl methyl sites for hydroxylation is 1. The van der Waals surface area contributed by atoms with Gasteiger partial charge in [-0.1, -0.05) is 17.7 Å². The Morgan fingerprint density at radius 2 is 1.89 bits per heavy atom. The molecule has 2 aromatic rings. The Labute approximate surface area is 117 Å². The van der Waals surface area contributed by atoms with Gasteiger partial charge in [-0.15, -0.1) is 0 Å². The van der Waals surface area contributed by atoms with E-state index in [1.54, 1.807) is 13.3 Å². The van der Waals surface area contributed by atoms with E-state index in [0.717, 1.165) is 27.6 Å². The SMILES string of the molecule is COc1ccc(/C=N/Nc2ccc(C)c(Cl)c2)cc1. The van der Waals surface area contributed by atoms with Crippen LogP contribution in [-0.2, 0) is 0 Å². The molecule has 0 aliphatic heterocycles. The molecule has 0 spiro atoms. The molecule has 2 rings (SSSR count). The number of nitrogens with one attached hydrogen (secondary N) is 1. The predicted molar refractivity (Wildman–Crippen MR) is 80.4 cm³/mol. The Morgan fingerprint density at radius 1 is 1.16 bits per heavy atom. The molecule has 4 heteroatoms. The summed E-state index contributed by atoms with van der Waals surface area (Å²) in [5, 5.41) is 4.89. The third-order valence-electron chi connectivity index (χ3n) is 2.69. The Kier molecular flexibility index (Phi) is 4.42. The average Bonchev–Trinajstić information content (AvgIpc) is 2.43. The van der Waals surface area contributed by atoms with Crippen molar-refractivity contribution >= 4 is 23.5 Å². The third-order valence-corrected chi connectivity index (χ3v) is 3.10. The van der Waals surface area contributed by atoms with Gasteiger partial charge in [0.15, 0.2) is 0 Å². The lowest BCUT2D eigenvalue weighted by atomic mass is 10.2. The number of hydrazone groups is 1. The first-order valence-electron chi connectivity index (χ1n) is 5.88. The van der Waals surface area contributed by atoms with Crippen LogP contribution in [-0.4, -0.2) is 13.3 Å². The standard InChI is InChI=1S/C15H15ClN2O/c1-11-3-6-13(9-15(11)16)18-17-10-12-4-7-14(19-2)8-5-12/h3-10,18H,1-2H3/b17-10+. The maximum atomic E-state index is 6.04. The van der Waals surface area contributed by atoms with E-state index in [9.17, 15) is 0 Å². The smallest absolute Gasteiger partial charge is 0.118 e. The van der Waals surface area contributed by atoms with Crippen molar-refractivity contribution in [3.05, 3.63) is 58.6 Å². The Hall–Kier alpha value is -2.00. The number of methoxy groups -OCH3 is 1. The topological polar surface area (TPSA) is 33.6 Å². The molecule has 19 heavy (non-hydrogen) atoms. The molecule has 0 saturated carbocycles. The van der Waals surface area contributed by atoms with E-state index >= 15 is 0 Å². The van der Waals surface area contributed by atoms with E-state index < -0.39 is 0 Å². The van der Waals surface area contributed by atoms with Crippen molar-refractivity contribution in [2.75, 3.05) is 12.5 Å².